The van der Waals surface area contributed by atoms with Crippen molar-refractivity contribution in [1.82, 2.24) is 4.57 Å². The van der Waals surface area contributed by atoms with Crippen molar-refractivity contribution >= 4 is 16.8 Å². The molecule has 4 nitrogen and oxygen atoms in total. The van der Waals surface area contributed by atoms with Gasteiger partial charge >= 0.3 is 0 Å². The Morgan fingerprint density at radius 2 is 2.12 bits per heavy atom. The molecule has 0 aliphatic carbocycles. The van der Waals surface area contributed by atoms with E-state index in [4.69, 9.17) is 16.3 Å². The molecular formula is C12H16ClNO3. The highest BCUT2D eigenvalue weighted by Crippen LogP contribution is 2.08. The minimum atomic E-state index is -0.521. The molecule has 0 aromatic carbocycles. The number of halogens is 1. The molecule has 0 aliphatic rings. The first kappa shape index (κ1) is 13.9. The van der Waals surface area contributed by atoms with Crippen molar-refractivity contribution in [3.05, 3.63) is 33.2 Å². The van der Waals surface area contributed by atoms with E-state index in [1.807, 2.05) is 19.9 Å². The third-order valence-electron chi connectivity index (χ3n) is 2.67. The van der Waals surface area contributed by atoms with Crippen LogP contribution in [0.2, 0.25) is 0 Å². The predicted octanol–water partition coefficient (Wildman–Crippen LogP) is 1.42. The molecule has 0 amide bonds. The van der Waals surface area contributed by atoms with Crippen LogP contribution in [0.1, 0.15) is 16.8 Å². The molecule has 0 radical (unpaired) electrons. The number of aryl methyl sites for hydroxylation is 2. The summed E-state index contributed by atoms with van der Waals surface area (Å²) in [6.07, 6.45) is -0.0283. The number of ether oxygens (including phenoxy) is 1. The van der Waals surface area contributed by atoms with Crippen molar-refractivity contribution in [3.63, 3.8) is 0 Å². The number of methoxy groups -OCH3 is 1. The Balaban J connectivity index is 3.22. The molecule has 5 heteroatoms. The molecule has 0 spiro atoms. The van der Waals surface area contributed by atoms with Gasteiger partial charge in [-0.2, -0.15) is 0 Å². The Hall–Kier alpha value is -1.13. The van der Waals surface area contributed by atoms with Crippen LogP contribution in [0, 0.1) is 13.8 Å². The smallest absolute Gasteiger partial charge is 0.254 e. The maximum atomic E-state index is 12.1. The second kappa shape index (κ2) is 5.98. The number of hydrogen-bond donors (Lipinski definition) is 0. The first-order valence-corrected chi connectivity index (χ1v) is 5.72. The number of hydrogen-bond acceptors (Lipinski definition) is 3. The van der Waals surface area contributed by atoms with Crippen molar-refractivity contribution in [3.8, 4) is 0 Å². The van der Waals surface area contributed by atoms with Crippen LogP contribution in [-0.2, 0) is 22.5 Å². The minimum absolute atomic E-state index is 0.0283. The van der Waals surface area contributed by atoms with Crippen molar-refractivity contribution in [2.75, 3.05) is 13.7 Å². The first-order chi connectivity index (χ1) is 7.97. The fraction of sp³-hybridized carbons (Fsp3) is 0.500. The predicted molar refractivity (Wildman–Crippen MR) is 66.6 cm³/mol. The Morgan fingerprint density at radius 3 is 2.65 bits per heavy atom. The molecule has 1 aromatic rings. The van der Waals surface area contributed by atoms with Gasteiger partial charge < -0.3 is 9.30 Å². The molecule has 1 heterocycles. The monoisotopic (exact) mass is 257 g/mol. The van der Waals surface area contributed by atoms with E-state index in [9.17, 15) is 9.59 Å². The second-order valence-corrected chi connectivity index (χ2v) is 4.35. The van der Waals surface area contributed by atoms with Gasteiger partial charge in [-0.15, -0.1) is 0 Å². The maximum Gasteiger partial charge on any atom is 0.254 e. The zero-order valence-electron chi connectivity index (χ0n) is 10.2. The Labute approximate surface area is 105 Å². The summed E-state index contributed by atoms with van der Waals surface area (Å²) in [6, 6.07) is 1.88. The van der Waals surface area contributed by atoms with E-state index >= 15 is 0 Å². The van der Waals surface area contributed by atoms with E-state index in [0.29, 0.717) is 18.7 Å². The van der Waals surface area contributed by atoms with E-state index in [1.165, 1.54) is 0 Å². The highest BCUT2D eigenvalue weighted by atomic mass is 35.5. The maximum absolute atomic E-state index is 12.1. The van der Waals surface area contributed by atoms with Crippen LogP contribution in [0.3, 0.4) is 0 Å². The molecule has 17 heavy (non-hydrogen) atoms. The normalized spacial score (nSPS) is 10.6. The molecule has 0 bridgehead atoms. The molecule has 94 valence electrons. The summed E-state index contributed by atoms with van der Waals surface area (Å²) < 4.78 is 6.56. The van der Waals surface area contributed by atoms with Crippen LogP contribution in [-0.4, -0.2) is 23.5 Å². The lowest BCUT2D eigenvalue weighted by Crippen LogP contribution is -2.29. The van der Waals surface area contributed by atoms with Gasteiger partial charge in [0.05, 0.1) is 13.0 Å². The quantitative estimate of drug-likeness (QED) is 0.750. The average molecular weight is 258 g/mol. The third kappa shape index (κ3) is 3.41. The van der Waals surface area contributed by atoms with Crippen molar-refractivity contribution in [2.45, 2.75) is 26.8 Å². The van der Waals surface area contributed by atoms with Crippen LogP contribution in [0.4, 0.5) is 0 Å². The Kier molecular flexibility index (Phi) is 4.90. The largest absolute Gasteiger partial charge is 0.383 e. The molecule has 0 fully saturated rings. The molecule has 1 aromatic heterocycles. The Bertz CT molecular complexity index is 479. The zero-order valence-corrected chi connectivity index (χ0v) is 11.0. The number of pyridine rings is 1. The van der Waals surface area contributed by atoms with Crippen LogP contribution < -0.4 is 5.56 Å². The van der Waals surface area contributed by atoms with Crippen LogP contribution in [0.15, 0.2) is 10.9 Å². The first-order valence-electron chi connectivity index (χ1n) is 5.34. The van der Waals surface area contributed by atoms with E-state index in [0.717, 1.165) is 11.3 Å². The summed E-state index contributed by atoms with van der Waals surface area (Å²) in [5.74, 6) is 0. The number of aromatic nitrogens is 1. The van der Waals surface area contributed by atoms with Gasteiger partial charge in [0.15, 0.2) is 0 Å². The number of rotatable bonds is 5. The summed E-state index contributed by atoms with van der Waals surface area (Å²) in [5.41, 5.74) is 1.96. The summed E-state index contributed by atoms with van der Waals surface area (Å²) in [4.78, 5) is 23.1. The summed E-state index contributed by atoms with van der Waals surface area (Å²) >= 11 is 5.34. The third-order valence-corrected chi connectivity index (χ3v) is 2.80. The van der Waals surface area contributed by atoms with Crippen molar-refractivity contribution in [1.29, 1.82) is 0 Å². The molecule has 1 rings (SSSR count). The van der Waals surface area contributed by atoms with E-state index in [-0.39, 0.29) is 12.0 Å². The summed E-state index contributed by atoms with van der Waals surface area (Å²) in [5, 5.41) is -0.521. The Morgan fingerprint density at radius 1 is 1.47 bits per heavy atom. The zero-order chi connectivity index (χ0) is 13.0. The van der Waals surface area contributed by atoms with Gasteiger partial charge in [0.25, 0.3) is 5.56 Å². The highest BCUT2D eigenvalue weighted by molar-refractivity contribution is 6.63. The van der Waals surface area contributed by atoms with Crippen LogP contribution >= 0.6 is 11.6 Å². The molecule has 0 aliphatic heterocycles. The van der Waals surface area contributed by atoms with E-state index in [2.05, 4.69) is 0 Å². The summed E-state index contributed by atoms with van der Waals surface area (Å²) in [7, 11) is 1.58. The van der Waals surface area contributed by atoms with Gasteiger partial charge in [-0.05, 0) is 37.1 Å². The molecular weight excluding hydrogens is 242 g/mol. The standard InChI is InChI=1S/C12H16ClNO3/c1-8-6-9(2)14(4-5-17-3)12(16)10(8)7-11(13)15/h6H,4-5,7H2,1-3H3. The fourth-order valence-corrected chi connectivity index (χ4v) is 1.92. The van der Waals surface area contributed by atoms with Crippen molar-refractivity contribution in [2.24, 2.45) is 0 Å². The highest BCUT2D eigenvalue weighted by Gasteiger charge is 2.12. The lowest BCUT2D eigenvalue weighted by Gasteiger charge is -2.13. The molecule has 0 saturated heterocycles. The fourth-order valence-electron chi connectivity index (χ4n) is 1.78. The van der Waals surface area contributed by atoms with Gasteiger partial charge in [-0.3, -0.25) is 9.59 Å². The SMILES string of the molecule is COCCn1c(C)cc(C)c(CC(=O)Cl)c1=O. The lowest BCUT2D eigenvalue weighted by atomic mass is 10.1. The van der Waals surface area contributed by atoms with E-state index < -0.39 is 5.24 Å². The van der Waals surface area contributed by atoms with Gasteiger partial charge in [0, 0.05) is 24.9 Å². The molecule has 0 N–H and O–H groups in total. The van der Waals surface area contributed by atoms with Crippen LogP contribution in [0.5, 0.6) is 0 Å². The van der Waals surface area contributed by atoms with Crippen molar-refractivity contribution < 1.29 is 9.53 Å². The van der Waals surface area contributed by atoms with Crippen LogP contribution in [0.25, 0.3) is 0 Å². The van der Waals surface area contributed by atoms with Gasteiger partial charge in [-0.25, -0.2) is 0 Å². The number of carbonyl (C=O) groups excluding carboxylic acids is 1. The topological polar surface area (TPSA) is 48.3 Å². The molecule has 0 saturated carbocycles. The average Bonchev–Trinajstić information content (AvgIpc) is 2.23. The van der Waals surface area contributed by atoms with Gasteiger partial charge in [0.2, 0.25) is 5.24 Å². The van der Waals surface area contributed by atoms with Gasteiger partial charge in [-0.1, -0.05) is 0 Å². The molecule has 0 unspecified atom stereocenters. The molecule has 0 atom stereocenters. The number of carbonyl (C=O) groups is 1. The number of nitrogens with zero attached hydrogens (tertiary/aromatic N) is 1. The summed E-state index contributed by atoms with van der Waals surface area (Å²) in [6.45, 7) is 4.60. The van der Waals surface area contributed by atoms with Gasteiger partial charge in [0.1, 0.15) is 0 Å². The second-order valence-electron chi connectivity index (χ2n) is 3.93. The van der Waals surface area contributed by atoms with E-state index in [1.54, 1.807) is 11.7 Å². The minimum Gasteiger partial charge on any atom is -0.383 e. The lowest BCUT2D eigenvalue weighted by molar-refractivity contribution is -0.111.